The van der Waals surface area contributed by atoms with Crippen molar-refractivity contribution in [2.45, 2.75) is 31.8 Å². The minimum absolute atomic E-state index is 0.0837. The lowest BCUT2D eigenvalue weighted by molar-refractivity contribution is 0.0729. The van der Waals surface area contributed by atoms with Gasteiger partial charge in [0.25, 0.3) is 5.91 Å². The van der Waals surface area contributed by atoms with Gasteiger partial charge >= 0.3 is 0 Å². The Labute approximate surface area is 164 Å². The van der Waals surface area contributed by atoms with Crippen LogP contribution in [0.2, 0.25) is 5.02 Å². The average molecular weight is 387 g/mol. The third-order valence-corrected chi connectivity index (χ3v) is 5.69. The summed E-state index contributed by atoms with van der Waals surface area (Å²) in [4.78, 5) is 26.5. The van der Waals surface area contributed by atoms with Crippen molar-refractivity contribution in [2.24, 2.45) is 0 Å². The lowest BCUT2D eigenvalue weighted by atomic mass is 10.0. The summed E-state index contributed by atoms with van der Waals surface area (Å²) in [6, 6.07) is 5.41. The smallest absolute Gasteiger partial charge is 0.257 e. The average Bonchev–Trinajstić information content (AvgIpc) is 3.12. The van der Waals surface area contributed by atoms with E-state index in [2.05, 4.69) is 16.9 Å². The van der Waals surface area contributed by atoms with Crippen LogP contribution in [0.25, 0.3) is 0 Å². The van der Waals surface area contributed by atoms with Gasteiger partial charge in [-0.3, -0.25) is 9.69 Å². The molecule has 142 valence electrons. The summed E-state index contributed by atoms with van der Waals surface area (Å²) in [6.45, 7) is 2.22. The van der Waals surface area contributed by atoms with E-state index in [9.17, 15) is 4.79 Å². The molecule has 0 spiro atoms. The molecule has 3 heterocycles. The van der Waals surface area contributed by atoms with Gasteiger partial charge in [-0.2, -0.15) is 0 Å². The Morgan fingerprint density at radius 3 is 2.93 bits per heavy atom. The lowest BCUT2D eigenvalue weighted by Crippen LogP contribution is -2.37. The molecule has 0 N–H and O–H groups in total. The van der Waals surface area contributed by atoms with Gasteiger partial charge in [0.15, 0.2) is 0 Å². The Bertz CT molecular complexity index is 873. The van der Waals surface area contributed by atoms with Gasteiger partial charge in [-0.15, -0.1) is 0 Å². The zero-order valence-electron chi connectivity index (χ0n) is 15.6. The molecule has 7 heteroatoms. The third kappa shape index (κ3) is 3.51. The fraction of sp³-hybridized carbons (Fsp3) is 0.450. The second-order valence-electron chi connectivity index (χ2n) is 7.16. The first-order valence-corrected chi connectivity index (χ1v) is 9.62. The molecule has 0 unspecified atom stereocenters. The molecule has 1 aromatic carbocycles. The van der Waals surface area contributed by atoms with Crippen molar-refractivity contribution < 1.29 is 9.53 Å². The molecule has 1 aromatic heterocycles. The number of aromatic nitrogens is 2. The van der Waals surface area contributed by atoms with Gasteiger partial charge in [-0.25, -0.2) is 9.97 Å². The fourth-order valence-corrected chi connectivity index (χ4v) is 4.09. The van der Waals surface area contributed by atoms with Crippen LogP contribution in [0.5, 0.6) is 5.75 Å². The molecule has 1 atom stereocenters. The van der Waals surface area contributed by atoms with Gasteiger partial charge in [0.2, 0.25) is 0 Å². The van der Waals surface area contributed by atoms with Gasteiger partial charge in [0.05, 0.1) is 24.4 Å². The number of nitrogens with zero attached hydrogens (tertiary/aromatic N) is 4. The maximum absolute atomic E-state index is 13.0. The Kier molecular flexibility index (Phi) is 5.02. The SMILES string of the molecule is COc1ccc(Cl)cc1C(=O)N1CCc2nc([C@H]3CCCN3C)ncc2C1. The summed E-state index contributed by atoms with van der Waals surface area (Å²) in [5, 5.41) is 0.519. The number of ether oxygens (including phenoxy) is 1. The summed E-state index contributed by atoms with van der Waals surface area (Å²) >= 11 is 6.08. The summed E-state index contributed by atoms with van der Waals surface area (Å²) in [5.74, 6) is 1.36. The molecule has 0 bridgehead atoms. The first-order valence-electron chi connectivity index (χ1n) is 9.24. The molecular weight excluding hydrogens is 364 g/mol. The van der Waals surface area contributed by atoms with E-state index >= 15 is 0 Å². The minimum atomic E-state index is -0.0837. The highest BCUT2D eigenvalue weighted by atomic mass is 35.5. The van der Waals surface area contributed by atoms with Gasteiger partial charge in [0.1, 0.15) is 11.6 Å². The first-order chi connectivity index (χ1) is 13.1. The molecule has 1 amide bonds. The summed E-state index contributed by atoms with van der Waals surface area (Å²) in [7, 11) is 3.68. The maximum atomic E-state index is 13.0. The van der Waals surface area contributed by atoms with E-state index in [4.69, 9.17) is 21.3 Å². The number of likely N-dealkylation sites (tertiary alicyclic amines) is 1. The van der Waals surface area contributed by atoms with E-state index in [-0.39, 0.29) is 5.91 Å². The number of amides is 1. The Balaban J connectivity index is 1.55. The summed E-state index contributed by atoms with van der Waals surface area (Å²) < 4.78 is 5.33. The van der Waals surface area contributed by atoms with Crippen LogP contribution in [0.4, 0.5) is 0 Å². The van der Waals surface area contributed by atoms with E-state index in [1.165, 1.54) is 6.42 Å². The quantitative estimate of drug-likeness (QED) is 0.811. The summed E-state index contributed by atoms with van der Waals surface area (Å²) in [6.07, 6.45) is 4.91. The topological polar surface area (TPSA) is 58.6 Å². The van der Waals surface area contributed by atoms with Crippen molar-refractivity contribution >= 4 is 17.5 Å². The standard InChI is InChI=1S/C20H23ClN4O2/c1-24-8-3-4-17(24)19-22-11-13-12-25(9-7-16(13)23-19)20(26)15-10-14(21)5-6-18(15)27-2/h5-6,10-11,17H,3-4,7-9,12H2,1-2H3/t17-/m1/s1. The van der Waals surface area contributed by atoms with Crippen LogP contribution in [0.15, 0.2) is 24.4 Å². The van der Waals surface area contributed by atoms with Crippen LogP contribution >= 0.6 is 11.6 Å². The van der Waals surface area contributed by atoms with Crippen molar-refractivity contribution in [1.82, 2.24) is 19.8 Å². The molecule has 6 nitrogen and oxygen atoms in total. The number of hydrogen-bond acceptors (Lipinski definition) is 5. The fourth-order valence-electron chi connectivity index (χ4n) is 3.92. The van der Waals surface area contributed by atoms with Crippen molar-refractivity contribution in [3.63, 3.8) is 0 Å². The van der Waals surface area contributed by atoms with Crippen LogP contribution in [0, 0.1) is 0 Å². The molecular formula is C20H23ClN4O2. The van der Waals surface area contributed by atoms with Crippen molar-refractivity contribution in [3.8, 4) is 5.75 Å². The number of carbonyl (C=O) groups is 1. The van der Waals surface area contributed by atoms with E-state index in [1.807, 2.05) is 6.20 Å². The number of fused-ring (bicyclic) bond motifs is 1. The normalized spacial score (nSPS) is 19.8. The molecule has 1 saturated heterocycles. The van der Waals surface area contributed by atoms with Gasteiger partial charge in [0, 0.05) is 36.3 Å². The summed E-state index contributed by atoms with van der Waals surface area (Å²) in [5.41, 5.74) is 2.56. The number of carbonyl (C=O) groups excluding carboxylic acids is 1. The second kappa shape index (κ2) is 7.44. The lowest BCUT2D eigenvalue weighted by Gasteiger charge is -2.29. The Hall–Kier alpha value is -2.18. The predicted octanol–water partition coefficient (Wildman–Crippen LogP) is 3.10. The predicted molar refractivity (Wildman–Crippen MR) is 103 cm³/mol. The molecule has 0 saturated carbocycles. The first kappa shape index (κ1) is 18.2. The van der Waals surface area contributed by atoms with Crippen molar-refractivity contribution in [2.75, 3.05) is 27.2 Å². The van der Waals surface area contributed by atoms with Gasteiger partial charge < -0.3 is 9.64 Å². The zero-order valence-corrected chi connectivity index (χ0v) is 16.4. The Morgan fingerprint density at radius 1 is 1.33 bits per heavy atom. The van der Waals surface area contributed by atoms with Gasteiger partial charge in [-0.05, 0) is 44.6 Å². The monoisotopic (exact) mass is 386 g/mol. The van der Waals surface area contributed by atoms with Crippen molar-refractivity contribution in [1.29, 1.82) is 0 Å². The van der Waals surface area contributed by atoms with Gasteiger partial charge in [-0.1, -0.05) is 11.6 Å². The molecule has 1 fully saturated rings. The maximum Gasteiger partial charge on any atom is 0.257 e. The van der Waals surface area contributed by atoms with Crippen LogP contribution in [-0.4, -0.2) is 52.9 Å². The highest BCUT2D eigenvalue weighted by molar-refractivity contribution is 6.31. The molecule has 4 rings (SSSR count). The molecule has 2 aromatic rings. The number of halogens is 1. The van der Waals surface area contributed by atoms with Crippen LogP contribution in [0.1, 0.15) is 46.3 Å². The van der Waals surface area contributed by atoms with E-state index in [1.54, 1.807) is 30.2 Å². The number of methoxy groups -OCH3 is 1. The largest absolute Gasteiger partial charge is 0.496 e. The highest BCUT2D eigenvalue weighted by Gasteiger charge is 2.29. The van der Waals surface area contributed by atoms with Crippen LogP contribution < -0.4 is 4.74 Å². The molecule has 2 aliphatic rings. The van der Waals surface area contributed by atoms with E-state index < -0.39 is 0 Å². The van der Waals surface area contributed by atoms with E-state index in [0.717, 1.165) is 36.5 Å². The number of hydrogen-bond donors (Lipinski definition) is 0. The van der Waals surface area contributed by atoms with E-state index in [0.29, 0.717) is 35.5 Å². The number of rotatable bonds is 3. The molecule has 27 heavy (non-hydrogen) atoms. The second-order valence-corrected chi connectivity index (χ2v) is 7.60. The highest BCUT2D eigenvalue weighted by Crippen LogP contribution is 2.30. The third-order valence-electron chi connectivity index (χ3n) is 5.45. The van der Waals surface area contributed by atoms with Crippen LogP contribution in [0.3, 0.4) is 0 Å². The van der Waals surface area contributed by atoms with Crippen molar-refractivity contribution in [3.05, 3.63) is 52.1 Å². The Morgan fingerprint density at radius 2 is 2.19 bits per heavy atom. The molecule has 0 radical (unpaired) electrons. The number of benzene rings is 1. The molecule has 2 aliphatic heterocycles. The molecule has 0 aliphatic carbocycles. The van der Waals surface area contributed by atoms with Crippen LogP contribution in [-0.2, 0) is 13.0 Å². The minimum Gasteiger partial charge on any atom is -0.496 e. The zero-order chi connectivity index (χ0) is 19.0.